The molecule has 112 valence electrons. The zero-order valence-electron chi connectivity index (χ0n) is 12.6. The van der Waals surface area contributed by atoms with Gasteiger partial charge < -0.3 is 10.6 Å². The van der Waals surface area contributed by atoms with Crippen LogP contribution < -0.4 is 10.6 Å². The van der Waals surface area contributed by atoms with Gasteiger partial charge in [-0.3, -0.25) is 4.90 Å². The predicted octanol–water partition coefficient (Wildman–Crippen LogP) is 2.87. The zero-order chi connectivity index (χ0) is 14.5. The Morgan fingerprint density at radius 1 is 1.25 bits per heavy atom. The second kappa shape index (κ2) is 7.43. The van der Waals surface area contributed by atoms with E-state index in [1.807, 2.05) is 0 Å². The van der Waals surface area contributed by atoms with Crippen molar-refractivity contribution in [2.75, 3.05) is 37.6 Å². The van der Waals surface area contributed by atoms with Crippen molar-refractivity contribution < 1.29 is 0 Å². The average molecular weight is 340 g/mol. The van der Waals surface area contributed by atoms with Gasteiger partial charge in [0.05, 0.1) is 0 Å². The fourth-order valence-corrected chi connectivity index (χ4v) is 3.34. The molecule has 0 radical (unpaired) electrons. The molecule has 1 aromatic carbocycles. The molecule has 1 heterocycles. The van der Waals surface area contributed by atoms with Crippen LogP contribution in [0.4, 0.5) is 5.69 Å². The summed E-state index contributed by atoms with van der Waals surface area (Å²) < 4.78 is 1.19. The van der Waals surface area contributed by atoms with E-state index in [0.717, 1.165) is 32.6 Å². The van der Waals surface area contributed by atoms with Crippen LogP contribution in [0.3, 0.4) is 0 Å². The monoisotopic (exact) mass is 339 g/mol. The first-order chi connectivity index (χ1) is 9.65. The standard InChI is InChI=1S/C16H26BrN3/c1-3-13(2)19-8-10-20(11-9-19)15-5-4-14(6-7-18)16(17)12-15/h4-5,12-13H,3,6-11,18H2,1-2H3. The lowest BCUT2D eigenvalue weighted by molar-refractivity contribution is 0.193. The normalized spacial score (nSPS) is 18.3. The van der Waals surface area contributed by atoms with E-state index in [1.54, 1.807) is 0 Å². The molecule has 1 aliphatic heterocycles. The van der Waals surface area contributed by atoms with Gasteiger partial charge in [0.25, 0.3) is 0 Å². The van der Waals surface area contributed by atoms with Gasteiger partial charge in [0.15, 0.2) is 0 Å². The van der Waals surface area contributed by atoms with E-state index in [9.17, 15) is 0 Å². The van der Waals surface area contributed by atoms with E-state index in [4.69, 9.17) is 5.73 Å². The number of hydrogen-bond donors (Lipinski definition) is 1. The molecule has 1 aliphatic rings. The van der Waals surface area contributed by atoms with Crippen molar-refractivity contribution in [1.82, 2.24) is 4.90 Å². The van der Waals surface area contributed by atoms with E-state index in [2.05, 4.69) is 57.8 Å². The number of halogens is 1. The molecule has 2 rings (SSSR count). The van der Waals surface area contributed by atoms with Crippen LogP contribution in [0.25, 0.3) is 0 Å². The van der Waals surface area contributed by atoms with Gasteiger partial charge in [-0.2, -0.15) is 0 Å². The first-order valence-corrected chi connectivity index (χ1v) is 8.42. The van der Waals surface area contributed by atoms with E-state index >= 15 is 0 Å². The number of nitrogens with zero attached hydrogens (tertiary/aromatic N) is 2. The maximum absolute atomic E-state index is 5.63. The molecule has 20 heavy (non-hydrogen) atoms. The molecule has 1 atom stereocenters. The number of anilines is 1. The highest BCUT2D eigenvalue weighted by Crippen LogP contribution is 2.25. The molecule has 0 bridgehead atoms. The Morgan fingerprint density at radius 3 is 2.50 bits per heavy atom. The third-order valence-corrected chi connectivity index (χ3v) is 5.08. The van der Waals surface area contributed by atoms with Crippen molar-refractivity contribution in [3.05, 3.63) is 28.2 Å². The van der Waals surface area contributed by atoms with Crippen molar-refractivity contribution in [3.63, 3.8) is 0 Å². The Balaban J connectivity index is 1.98. The third kappa shape index (κ3) is 3.74. The Kier molecular flexibility index (Phi) is 5.87. The highest BCUT2D eigenvalue weighted by molar-refractivity contribution is 9.10. The summed E-state index contributed by atoms with van der Waals surface area (Å²) in [5.74, 6) is 0. The lowest BCUT2D eigenvalue weighted by Crippen LogP contribution is -2.49. The molecule has 0 spiro atoms. The maximum Gasteiger partial charge on any atom is 0.0378 e. The molecule has 1 saturated heterocycles. The van der Waals surface area contributed by atoms with Crippen LogP contribution in [0.2, 0.25) is 0 Å². The molecule has 2 N–H and O–H groups in total. The molecule has 1 unspecified atom stereocenters. The van der Waals surface area contributed by atoms with Gasteiger partial charge in [-0.25, -0.2) is 0 Å². The number of piperazine rings is 1. The van der Waals surface area contributed by atoms with Gasteiger partial charge in [-0.05, 0) is 44.0 Å². The molecule has 1 fully saturated rings. The maximum atomic E-state index is 5.63. The van der Waals surface area contributed by atoms with Crippen LogP contribution in [0.1, 0.15) is 25.8 Å². The summed E-state index contributed by atoms with van der Waals surface area (Å²) in [6.07, 6.45) is 2.17. The highest BCUT2D eigenvalue weighted by Gasteiger charge is 2.20. The Hall–Kier alpha value is -0.580. The number of benzene rings is 1. The van der Waals surface area contributed by atoms with E-state index in [-0.39, 0.29) is 0 Å². The van der Waals surface area contributed by atoms with Gasteiger partial charge in [0.1, 0.15) is 0 Å². The summed E-state index contributed by atoms with van der Waals surface area (Å²) in [6.45, 7) is 9.86. The quantitative estimate of drug-likeness (QED) is 0.895. The van der Waals surface area contributed by atoms with Gasteiger partial charge >= 0.3 is 0 Å². The number of rotatable bonds is 5. The number of hydrogen-bond acceptors (Lipinski definition) is 3. The van der Waals surface area contributed by atoms with E-state index in [0.29, 0.717) is 12.6 Å². The Bertz CT molecular complexity index is 428. The number of nitrogens with two attached hydrogens (primary N) is 1. The second-order valence-electron chi connectivity index (χ2n) is 5.59. The summed E-state index contributed by atoms with van der Waals surface area (Å²) in [5.41, 5.74) is 8.25. The summed E-state index contributed by atoms with van der Waals surface area (Å²) >= 11 is 3.67. The van der Waals surface area contributed by atoms with Crippen LogP contribution in [-0.4, -0.2) is 43.7 Å². The van der Waals surface area contributed by atoms with Crippen LogP contribution in [0.15, 0.2) is 22.7 Å². The molecular formula is C16H26BrN3. The molecule has 3 nitrogen and oxygen atoms in total. The minimum absolute atomic E-state index is 0.700. The molecule has 1 aromatic rings. The van der Waals surface area contributed by atoms with Gasteiger partial charge in [-0.15, -0.1) is 0 Å². The van der Waals surface area contributed by atoms with Crippen molar-refractivity contribution >= 4 is 21.6 Å². The zero-order valence-corrected chi connectivity index (χ0v) is 14.2. The fourth-order valence-electron chi connectivity index (χ4n) is 2.77. The molecule has 0 amide bonds. The van der Waals surface area contributed by atoms with E-state index < -0.39 is 0 Å². The van der Waals surface area contributed by atoms with Crippen molar-refractivity contribution in [3.8, 4) is 0 Å². The van der Waals surface area contributed by atoms with Crippen molar-refractivity contribution in [2.45, 2.75) is 32.7 Å². The topological polar surface area (TPSA) is 32.5 Å². The predicted molar refractivity (Wildman–Crippen MR) is 90.4 cm³/mol. The minimum atomic E-state index is 0.700. The SMILES string of the molecule is CCC(C)N1CCN(c2ccc(CCN)c(Br)c2)CC1. The van der Waals surface area contributed by atoms with Crippen LogP contribution >= 0.6 is 15.9 Å². The summed E-state index contributed by atoms with van der Waals surface area (Å²) in [6, 6.07) is 7.38. The van der Waals surface area contributed by atoms with Crippen molar-refractivity contribution in [2.24, 2.45) is 5.73 Å². The van der Waals surface area contributed by atoms with Gasteiger partial charge in [-0.1, -0.05) is 28.9 Å². The Morgan fingerprint density at radius 2 is 1.95 bits per heavy atom. The van der Waals surface area contributed by atoms with Gasteiger partial charge in [0.2, 0.25) is 0 Å². The van der Waals surface area contributed by atoms with Crippen LogP contribution in [0, 0.1) is 0 Å². The van der Waals surface area contributed by atoms with E-state index in [1.165, 1.54) is 22.1 Å². The van der Waals surface area contributed by atoms with Crippen LogP contribution in [0.5, 0.6) is 0 Å². The molecule has 0 aromatic heterocycles. The molecule has 4 heteroatoms. The fraction of sp³-hybridized carbons (Fsp3) is 0.625. The Labute approximate surface area is 131 Å². The second-order valence-corrected chi connectivity index (χ2v) is 6.45. The minimum Gasteiger partial charge on any atom is -0.369 e. The first-order valence-electron chi connectivity index (χ1n) is 7.63. The van der Waals surface area contributed by atoms with Gasteiger partial charge in [0, 0.05) is 42.4 Å². The summed E-state index contributed by atoms with van der Waals surface area (Å²) in [4.78, 5) is 5.07. The lowest BCUT2D eigenvalue weighted by Gasteiger charge is -2.39. The van der Waals surface area contributed by atoms with Crippen molar-refractivity contribution in [1.29, 1.82) is 0 Å². The first kappa shape index (κ1) is 15.8. The largest absolute Gasteiger partial charge is 0.369 e. The highest BCUT2D eigenvalue weighted by atomic mass is 79.9. The smallest absolute Gasteiger partial charge is 0.0378 e. The molecular weight excluding hydrogens is 314 g/mol. The average Bonchev–Trinajstić information content (AvgIpc) is 2.49. The lowest BCUT2D eigenvalue weighted by atomic mass is 10.1. The molecule has 0 saturated carbocycles. The summed E-state index contributed by atoms with van der Waals surface area (Å²) in [7, 11) is 0. The molecule has 0 aliphatic carbocycles. The summed E-state index contributed by atoms with van der Waals surface area (Å²) in [5, 5.41) is 0. The van der Waals surface area contributed by atoms with Crippen LogP contribution in [-0.2, 0) is 6.42 Å². The third-order valence-electron chi connectivity index (χ3n) is 4.34.